The van der Waals surface area contributed by atoms with Gasteiger partial charge in [0.05, 0.1) is 0 Å². The van der Waals surface area contributed by atoms with E-state index in [0.29, 0.717) is 13.1 Å². The molecule has 0 bridgehead atoms. The van der Waals surface area contributed by atoms with Crippen LogP contribution in [0.2, 0.25) is 0 Å². The number of fused-ring (bicyclic) bond motifs is 1. The lowest BCUT2D eigenvalue weighted by molar-refractivity contribution is -0.140. The van der Waals surface area contributed by atoms with E-state index in [9.17, 15) is 9.59 Å². The van der Waals surface area contributed by atoms with Crippen LogP contribution in [0.3, 0.4) is 0 Å². The molecule has 1 heterocycles. The summed E-state index contributed by atoms with van der Waals surface area (Å²) in [7, 11) is 0. The summed E-state index contributed by atoms with van der Waals surface area (Å²) in [5, 5.41) is 2.68. The Morgan fingerprint density at radius 2 is 1.71 bits per heavy atom. The molecule has 0 radical (unpaired) electrons. The molecular formula is C16H22N2O3. The summed E-state index contributed by atoms with van der Waals surface area (Å²) in [5.41, 5.74) is 1.92. The normalized spacial score (nSPS) is 15.3. The van der Waals surface area contributed by atoms with Crippen LogP contribution in [0, 0.1) is 0 Å². The minimum atomic E-state index is -0.790. The number of ether oxygens (including phenoxy) is 1. The summed E-state index contributed by atoms with van der Waals surface area (Å²) in [4.78, 5) is 25.7. The first-order valence-corrected chi connectivity index (χ1v) is 7.10. The second kappa shape index (κ2) is 5.76. The van der Waals surface area contributed by atoms with Gasteiger partial charge >= 0.3 is 6.09 Å². The Morgan fingerprint density at radius 3 is 2.19 bits per heavy atom. The SMILES string of the molecule is C[C@@H](OC(=O)NC(C)(C)C)C(=O)N1Cc2ccccc2C1. The summed E-state index contributed by atoms with van der Waals surface area (Å²) in [6.07, 6.45) is -1.36. The second-order valence-corrected chi connectivity index (χ2v) is 6.39. The molecule has 1 N–H and O–H groups in total. The number of alkyl carbamates (subject to hydrolysis) is 1. The molecule has 0 saturated heterocycles. The Balaban J connectivity index is 1.91. The largest absolute Gasteiger partial charge is 0.436 e. The van der Waals surface area contributed by atoms with Crippen molar-refractivity contribution in [1.82, 2.24) is 10.2 Å². The number of carbonyl (C=O) groups excluding carboxylic acids is 2. The van der Waals surface area contributed by atoms with Crippen LogP contribution in [0.15, 0.2) is 24.3 Å². The van der Waals surface area contributed by atoms with Crippen molar-refractivity contribution in [2.75, 3.05) is 0 Å². The van der Waals surface area contributed by atoms with E-state index in [1.807, 2.05) is 45.0 Å². The molecule has 0 unspecified atom stereocenters. The molecule has 0 spiro atoms. The molecule has 1 aromatic rings. The molecule has 1 atom stereocenters. The fourth-order valence-electron chi connectivity index (χ4n) is 2.29. The summed E-state index contributed by atoms with van der Waals surface area (Å²) in [5.74, 6) is -0.171. The van der Waals surface area contributed by atoms with Gasteiger partial charge < -0.3 is 15.0 Å². The topological polar surface area (TPSA) is 58.6 Å². The average Bonchev–Trinajstić information content (AvgIpc) is 2.78. The van der Waals surface area contributed by atoms with Crippen LogP contribution in [0.25, 0.3) is 0 Å². The molecule has 0 aliphatic carbocycles. The van der Waals surface area contributed by atoms with Crippen molar-refractivity contribution in [1.29, 1.82) is 0 Å². The zero-order chi connectivity index (χ0) is 15.6. The van der Waals surface area contributed by atoms with E-state index in [-0.39, 0.29) is 11.4 Å². The third kappa shape index (κ3) is 3.97. The van der Waals surface area contributed by atoms with Crippen molar-refractivity contribution >= 4 is 12.0 Å². The lowest BCUT2D eigenvalue weighted by atomic mass is 10.1. The minimum absolute atomic E-state index is 0.171. The molecule has 0 fully saturated rings. The van der Waals surface area contributed by atoms with E-state index in [2.05, 4.69) is 5.32 Å². The fourth-order valence-corrected chi connectivity index (χ4v) is 2.29. The van der Waals surface area contributed by atoms with Crippen molar-refractivity contribution in [2.24, 2.45) is 0 Å². The molecule has 21 heavy (non-hydrogen) atoms. The highest BCUT2D eigenvalue weighted by molar-refractivity contribution is 5.83. The monoisotopic (exact) mass is 290 g/mol. The zero-order valence-electron chi connectivity index (χ0n) is 13.0. The average molecular weight is 290 g/mol. The Hall–Kier alpha value is -2.04. The highest BCUT2D eigenvalue weighted by Crippen LogP contribution is 2.23. The van der Waals surface area contributed by atoms with Gasteiger partial charge in [0.2, 0.25) is 0 Å². The molecule has 1 aliphatic heterocycles. The highest BCUT2D eigenvalue weighted by Gasteiger charge is 2.29. The molecule has 114 valence electrons. The fraction of sp³-hybridized carbons (Fsp3) is 0.500. The Morgan fingerprint density at radius 1 is 1.19 bits per heavy atom. The second-order valence-electron chi connectivity index (χ2n) is 6.39. The van der Waals surface area contributed by atoms with Gasteiger partial charge in [-0.25, -0.2) is 4.79 Å². The molecule has 0 saturated carbocycles. The van der Waals surface area contributed by atoms with E-state index in [4.69, 9.17) is 4.74 Å². The lowest BCUT2D eigenvalue weighted by Gasteiger charge is -2.24. The van der Waals surface area contributed by atoms with Crippen molar-refractivity contribution < 1.29 is 14.3 Å². The summed E-state index contributed by atoms with van der Waals surface area (Å²) in [6.45, 7) is 8.33. The molecule has 5 nitrogen and oxygen atoms in total. The van der Waals surface area contributed by atoms with Crippen molar-refractivity contribution in [3.8, 4) is 0 Å². The summed E-state index contributed by atoms with van der Waals surface area (Å²) in [6, 6.07) is 7.95. The van der Waals surface area contributed by atoms with E-state index in [1.165, 1.54) is 0 Å². The van der Waals surface area contributed by atoms with Crippen molar-refractivity contribution in [2.45, 2.75) is 52.4 Å². The van der Waals surface area contributed by atoms with E-state index < -0.39 is 12.2 Å². The van der Waals surface area contributed by atoms with E-state index in [0.717, 1.165) is 11.1 Å². The molecule has 5 heteroatoms. The number of nitrogens with one attached hydrogen (secondary N) is 1. The lowest BCUT2D eigenvalue weighted by Crippen LogP contribution is -2.44. The maximum absolute atomic E-state index is 12.3. The first-order chi connectivity index (χ1) is 9.76. The highest BCUT2D eigenvalue weighted by atomic mass is 16.6. The number of rotatable bonds is 2. The Kier molecular flexibility index (Phi) is 4.21. The van der Waals surface area contributed by atoms with Gasteiger partial charge in [0, 0.05) is 18.6 Å². The number of carbonyl (C=O) groups is 2. The third-order valence-corrected chi connectivity index (χ3v) is 3.26. The van der Waals surface area contributed by atoms with Crippen molar-refractivity contribution in [3.63, 3.8) is 0 Å². The van der Waals surface area contributed by atoms with Gasteiger partial charge in [-0.3, -0.25) is 4.79 Å². The van der Waals surface area contributed by atoms with Gasteiger partial charge in [-0.05, 0) is 38.8 Å². The van der Waals surface area contributed by atoms with Gasteiger partial charge in [-0.15, -0.1) is 0 Å². The van der Waals surface area contributed by atoms with Crippen LogP contribution < -0.4 is 5.32 Å². The Bertz CT molecular complexity index is 524. The number of hydrogen-bond donors (Lipinski definition) is 1. The van der Waals surface area contributed by atoms with Crippen LogP contribution in [-0.4, -0.2) is 28.5 Å². The molecule has 2 amide bonds. The zero-order valence-corrected chi connectivity index (χ0v) is 13.0. The number of amides is 2. The molecular weight excluding hydrogens is 268 g/mol. The standard InChI is InChI=1S/C16H22N2O3/c1-11(21-15(20)17-16(2,3)4)14(19)18-9-12-7-5-6-8-13(12)10-18/h5-8,11H,9-10H2,1-4H3,(H,17,20)/t11-/m1/s1. The van der Waals surface area contributed by atoms with E-state index in [1.54, 1.807) is 11.8 Å². The van der Waals surface area contributed by atoms with Gasteiger partial charge in [0.25, 0.3) is 5.91 Å². The maximum Gasteiger partial charge on any atom is 0.408 e. The maximum atomic E-state index is 12.3. The first kappa shape index (κ1) is 15.4. The third-order valence-electron chi connectivity index (χ3n) is 3.26. The Labute approximate surface area is 125 Å². The molecule has 1 aliphatic rings. The molecule has 1 aromatic carbocycles. The van der Waals surface area contributed by atoms with Crippen LogP contribution in [0.4, 0.5) is 4.79 Å². The van der Waals surface area contributed by atoms with Crippen LogP contribution in [0.1, 0.15) is 38.8 Å². The minimum Gasteiger partial charge on any atom is -0.436 e. The smallest absolute Gasteiger partial charge is 0.408 e. The van der Waals surface area contributed by atoms with Crippen molar-refractivity contribution in [3.05, 3.63) is 35.4 Å². The van der Waals surface area contributed by atoms with Gasteiger partial charge in [0.1, 0.15) is 0 Å². The van der Waals surface area contributed by atoms with E-state index >= 15 is 0 Å². The van der Waals surface area contributed by atoms with Crippen LogP contribution in [-0.2, 0) is 22.6 Å². The summed E-state index contributed by atoms with van der Waals surface area (Å²) < 4.78 is 5.16. The predicted molar refractivity (Wildman–Crippen MR) is 79.5 cm³/mol. The predicted octanol–water partition coefficient (Wildman–Crippen LogP) is 2.44. The number of nitrogens with zero attached hydrogens (tertiary/aromatic N) is 1. The first-order valence-electron chi connectivity index (χ1n) is 7.10. The molecule has 0 aromatic heterocycles. The number of benzene rings is 1. The van der Waals surface area contributed by atoms with Crippen LogP contribution in [0.5, 0.6) is 0 Å². The number of hydrogen-bond acceptors (Lipinski definition) is 3. The van der Waals surface area contributed by atoms with Gasteiger partial charge in [-0.2, -0.15) is 0 Å². The summed E-state index contributed by atoms with van der Waals surface area (Å²) >= 11 is 0. The quantitative estimate of drug-likeness (QED) is 0.910. The van der Waals surface area contributed by atoms with Crippen LogP contribution >= 0.6 is 0 Å². The molecule has 2 rings (SSSR count). The van der Waals surface area contributed by atoms with Gasteiger partial charge in [-0.1, -0.05) is 24.3 Å². The van der Waals surface area contributed by atoms with Gasteiger partial charge in [0.15, 0.2) is 6.10 Å².